The predicted molar refractivity (Wildman–Crippen MR) is 48.5 cm³/mol. The molecule has 1 saturated heterocycles. The van der Waals surface area contributed by atoms with Gasteiger partial charge in [0.05, 0.1) is 0 Å². The van der Waals surface area contributed by atoms with Crippen LogP contribution >= 0.6 is 0 Å². The Bertz CT molecular complexity index is 134. The average Bonchev–Trinajstić information content (AvgIpc) is 1.90. The third kappa shape index (κ3) is 1.42. The van der Waals surface area contributed by atoms with E-state index >= 15 is 0 Å². The van der Waals surface area contributed by atoms with E-state index in [9.17, 15) is 0 Å². The van der Waals surface area contributed by atoms with E-state index in [1.54, 1.807) is 0 Å². The third-order valence-corrected chi connectivity index (χ3v) is 3.14. The summed E-state index contributed by atoms with van der Waals surface area (Å²) in [6.07, 6.45) is 6.74. The van der Waals surface area contributed by atoms with E-state index in [2.05, 4.69) is 4.90 Å². The molecular formula is C9H20N2. The summed E-state index contributed by atoms with van der Waals surface area (Å²) in [6.45, 7) is 2.61. The maximum absolute atomic E-state index is 6.05. The molecule has 1 heterocycles. The van der Waals surface area contributed by atoms with Gasteiger partial charge in [-0.05, 0) is 32.4 Å². The van der Waals surface area contributed by atoms with E-state index in [4.69, 9.17) is 5.73 Å². The second kappa shape index (κ2) is 3.11. The minimum Gasteiger partial charge on any atom is -0.326 e. The van der Waals surface area contributed by atoms with Gasteiger partial charge in [0, 0.05) is 13.5 Å². The van der Waals surface area contributed by atoms with Gasteiger partial charge in [-0.15, -0.1) is 0 Å². The van der Waals surface area contributed by atoms with E-state index in [1.807, 2.05) is 0 Å². The molecule has 1 aliphatic carbocycles. The molecule has 0 aromatic heterocycles. The Kier molecular flexibility index (Phi) is 2.14. The van der Waals surface area contributed by atoms with E-state index in [0.29, 0.717) is 6.04 Å². The molecule has 0 amide bonds. The lowest BCUT2D eigenvalue weighted by atomic mass is 9.88. The van der Waals surface area contributed by atoms with Crippen molar-refractivity contribution < 1.29 is 1.43 Å². The second-order valence-electron chi connectivity index (χ2n) is 3.91. The molecule has 0 aromatic rings. The van der Waals surface area contributed by atoms with Gasteiger partial charge in [0.2, 0.25) is 0 Å². The van der Waals surface area contributed by atoms with Crippen molar-refractivity contribution in [2.45, 2.75) is 44.2 Å². The fourth-order valence-corrected chi connectivity index (χ4v) is 2.27. The van der Waals surface area contributed by atoms with Crippen molar-refractivity contribution in [3.63, 3.8) is 0 Å². The molecule has 0 unspecified atom stereocenters. The monoisotopic (exact) mass is 156 g/mol. The Morgan fingerprint density at radius 3 is 2.36 bits per heavy atom. The molecule has 2 N–H and O–H groups in total. The molecule has 2 nitrogen and oxygen atoms in total. The van der Waals surface area contributed by atoms with Gasteiger partial charge in [-0.25, -0.2) is 0 Å². The van der Waals surface area contributed by atoms with Crippen LogP contribution in [0.4, 0.5) is 0 Å². The van der Waals surface area contributed by atoms with Crippen LogP contribution in [0.1, 0.15) is 33.5 Å². The lowest BCUT2D eigenvalue weighted by molar-refractivity contribution is 0.0778. The van der Waals surface area contributed by atoms with Crippen LogP contribution in [0.5, 0.6) is 0 Å². The molecular weight excluding hydrogens is 136 g/mol. The van der Waals surface area contributed by atoms with E-state index in [-0.39, 0.29) is 1.43 Å². The minimum absolute atomic E-state index is 0. The maximum Gasteiger partial charge on any atom is 0.0247 e. The highest BCUT2D eigenvalue weighted by molar-refractivity contribution is 4.88. The molecule has 11 heavy (non-hydrogen) atoms. The zero-order valence-electron chi connectivity index (χ0n) is 7.13. The van der Waals surface area contributed by atoms with E-state index in [0.717, 1.165) is 6.04 Å². The summed E-state index contributed by atoms with van der Waals surface area (Å²) < 4.78 is 0. The molecule has 1 saturated carbocycles. The normalized spacial score (nSPS) is 40.1. The first-order valence-corrected chi connectivity index (χ1v) is 4.87. The first-order valence-electron chi connectivity index (χ1n) is 4.87. The zero-order valence-corrected chi connectivity index (χ0v) is 7.13. The van der Waals surface area contributed by atoms with Crippen LogP contribution in [0.25, 0.3) is 0 Å². The summed E-state index contributed by atoms with van der Waals surface area (Å²) in [5.74, 6) is 0. The molecule has 0 aromatic carbocycles. The van der Waals surface area contributed by atoms with Crippen molar-refractivity contribution in [1.82, 2.24) is 4.90 Å². The number of likely N-dealkylation sites (tertiary alicyclic amines) is 1. The number of hydrogen-bond acceptors (Lipinski definition) is 2. The Morgan fingerprint density at radius 1 is 1.09 bits per heavy atom. The number of nitrogens with zero attached hydrogens (tertiary/aromatic N) is 1. The van der Waals surface area contributed by atoms with E-state index < -0.39 is 0 Å². The summed E-state index contributed by atoms with van der Waals surface area (Å²) >= 11 is 0. The molecule has 0 radical (unpaired) electrons. The van der Waals surface area contributed by atoms with Gasteiger partial charge in [-0.3, -0.25) is 4.90 Å². The molecule has 1 aliphatic heterocycles. The fourth-order valence-electron chi connectivity index (χ4n) is 2.27. The highest BCUT2D eigenvalue weighted by Gasteiger charge is 2.30. The molecule has 2 heteroatoms. The predicted octanol–water partition coefficient (Wildman–Crippen LogP) is 1.21. The van der Waals surface area contributed by atoms with Crippen LogP contribution in [-0.4, -0.2) is 30.1 Å². The van der Waals surface area contributed by atoms with Gasteiger partial charge in [-0.1, -0.05) is 12.8 Å². The fraction of sp³-hybridized carbons (Fsp3) is 1.00. The first-order chi connectivity index (χ1) is 5.38. The lowest BCUT2D eigenvalue weighted by Crippen LogP contribution is -2.54. The molecule has 2 fully saturated rings. The molecule has 0 spiro atoms. The van der Waals surface area contributed by atoms with Gasteiger partial charge >= 0.3 is 0 Å². The third-order valence-electron chi connectivity index (χ3n) is 3.14. The lowest BCUT2D eigenvalue weighted by Gasteiger charge is -2.43. The minimum atomic E-state index is 0. The Hall–Kier alpha value is -0.0800. The first kappa shape index (κ1) is 7.56. The second-order valence-corrected chi connectivity index (χ2v) is 3.91. The van der Waals surface area contributed by atoms with Crippen molar-refractivity contribution in [2.24, 2.45) is 5.73 Å². The SMILES string of the molecule is N[C@H]1CCCC[C@@H]1N1CCC1.[HH]. The number of nitrogens with two attached hydrogens (primary N) is 1. The Morgan fingerprint density at radius 2 is 1.82 bits per heavy atom. The number of rotatable bonds is 1. The highest BCUT2D eigenvalue weighted by atomic mass is 15.2. The van der Waals surface area contributed by atoms with Crippen LogP contribution in [0.2, 0.25) is 0 Å². The maximum atomic E-state index is 6.05. The smallest absolute Gasteiger partial charge is 0.0247 e. The zero-order chi connectivity index (χ0) is 7.68. The average molecular weight is 156 g/mol. The Labute approximate surface area is 70.2 Å². The summed E-state index contributed by atoms with van der Waals surface area (Å²) in [7, 11) is 0. The van der Waals surface area contributed by atoms with Crippen LogP contribution in [0.3, 0.4) is 0 Å². The van der Waals surface area contributed by atoms with Crippen molar-refractivity contribution >= 4 is 0 Å². The molecule has 2 aliphatic rings. The standard InChI is InChI=1S/C9H18N2.H2/c10-8-4-1-2-5-9(8)11-6-3-7-11;/h8-9H,1-7,10H2;1H/t8-,9-;/m0./s1. The van der Waals surface area contributed by atoms with Crippen LogP contribution in [0, 0.1) is 0 Å². The highest BCUT2D eigenvalue weighted by Crippen LogP contribution is 2.24. The van der Waals surface area contributed by atoms with Crippen molar-refractivity contribution in [1.29, 1.82) is 0 Å². The van der Waals surface area contributed by atoms with Crippen LogP contribution in [-0.2, 0) is 0 Å². The van der Waals surface area contributed by atoms with Gasteiger partial charge in [-0.2, -0.15) is 0 Å². The van der Waals surface area contributed by atoms with Gasteiger partial charge in [0.1, 0.15) is 0 Å². The summed E-state index contributed by atoms with van der Waals surface area (Å²) in [5.41, 5.74) is 6.05. The van der Waals surface area contributed by atoms with Gasteiger partial charge in [0.15, 0.2) is 0 Å². The Balaban J connectivity index is 0.000000720. The largest absolute Gasteiger partial charge is 0.326 e. The van der Waals surface area contributed by atoms with Crippen LogP contribution in [0.15, 0.2) is 0 Å². The van der Waals surface area contributed by atoms with Crippen molar-refractivity contribution in [3.8, 4) is 0 Å². The molecule has 2 rings (SSSR count). The molecule has 0 bridgehead atoms. The van der Waals surface area contributed by atoms with E-state index in [1.165, 1.54) is 45.2 Å². The van der Waals surface area contributed by atoms with Crippen molar-refractivity contribution in [3.05, 3.63) is 0 Å². The number of hydrogen-bond donors (Lipinski definition) is 1. The van der Waals surface area contributed by atoms with Gasteiger partial charge in [0.25, 0.3) is 0 Å². The van der Waals surface area contributed by atoms with Gasteiger partial charge < -0.3 is 5.73 Å². The van der Waals surface area contributed by atoms with Crippen molar-refractivity contribution in [2.75, 3.05) is 13.1 Å². The summed E-state index contributed by atoms with van der Waals surface area (Å²) in [4.78, 5) is 2.56. The quantitative estimate of drug-likeness (QED) is 0.618. The molecule has 2 atom stereocenters. The van der Waals surface area contributed by atoms with Crippen LogP contribution < -0.4 is 5.73 Å². The summed E-state index contributed by atoms with van der Waals surface area (Å²) in [6, 6.07) is 1.21. The topological polar surface area (TPSA) is 29.3 Å². The molecule has 66 valence electrons. The summed E-state index contributed by atoms with van der Waals surface area (Å²) in [5, 5.41) is 0.